The van der Waals surface area contributed by atoms with Crippen LogP contribution in [0.1, 0.15) is 11.3 Å². The van der Waals surface area contributed by atoms with Crippen LogP contribution in [0.25, 0.3) is 5.95 Å². The summed E-state index contributed by atoms with van der Waals surface area (Å²) < 4.78 is 6.62. The molecule has 0 aliphatic heterocycles. The summed E-state index contributed by atoms with van der Waals surface area (Å²) in [5.74, 6) is 1.45. The summed E-state index contributed by atoms with van der Waals surface area (Å²) in [5, 5.41) is 17.9. The molecule has 2 aromatic heterocycles. The van der Waals surface area contributed by atoms with Gasteiger partial charge in [-0.1, -0.05) is 6.07 Å². The molecular weight excluding hydrogens is 324 g/mol. The van der Waals surface area contributed by atoms with Crippen molar-refractivity contribution in [2.45, 2.75) is 13.8 Å². The first-order valence-electron chi connectivity index (χ1n) is 7.43. The van der Waals surface area contributed by atoms with E-state index in [9.17, 15) is 10.1 Å². The maximum absolute atomic E-state index is 10.8. The molecule has 0 atom stereocenters. The predicted molar refractivity (Wildman–Crippen MR) is 91.6 cm³/mol. The molecule has 3 rings (SSSR count). The van der Waals surface area contributed by atoms with E-state index in [4.69, 9.17) is 4.74 Å². The first kappa shape index (κ1) is 16.4. The number of benzene rings is 1. The van der Waals surface area contributed by atoms with Gasteiger partial charge in [0.05, 0.1) is 17.7 Å². The highest BCUT2D eigenvalue weighted by Gasteiger charge is 2.13. The van der Waals surface area contributed by atoms with Crippen molar-refractivity contribution in [1.29, 1.82) is 0 Å². The molecular formula is C16H16N6O3. The lowest BCUT2D eigenvalue weighted by atomic mass is 10.2. The fourth-order valence-electron chi connectivity index (χ4n) is 2.29. The van der Waals surface area contributed by atoms with Crippen LogP contribution in [0.5, 0.6) is 5.75 Å². The van der Waals surface area contributed by atoms with Crippen LogP contribution in [0.2, 0.25) is 0 Å². The number of aryl methyl sites for hydroxylation is 2. The molecule has 0 fully saturated rings. The highest BCUT2D eigenvalue weighted by molar-refractivity contribution is 5.65. The second-order valence-corrected chi connectivity index (χ2v) is 5.42. The van der Waals surface area contributed by atoms with Crippen LogP contribution in [0.3, 0.4) is 0 Å². The minimum atomic E-state index is -0.518. The van der Waals surface area contributed by atoms with Gasteiger partial charge in [-0.05, 0) is 31.5 Å². The fraction of sp³-hybridized carbons (Fsp3) is 0.188. The number of ether oxygens (including phenoxy) is 1. The Balaban J connectivity index is 1.97. The Bertz CT molecular complexity index is 937. The lowest BCUT2D eigenvalue weighted by molar-refractivity contribution is -0.384. The van der Waals surface area contributed by atoms with E-state index in [1.165, 1.54) is 10.9 Å². The van der Waals surface area contributed by atoms with E-state index >= 15 is 0 Å². The van der Waals surface area contributed by atoms with Crippen molar-refractivity contribution in [1.82, 2.24) is 19.7 Å². The molecule has 0 saturated heterocycles. The minimum absolute atomic E-state index is 0.125. The Morgan fingerprint density at radius 3 is 2.72 bits per heavy atom. The molecule has 0 amide bonds. The SMILES string of the molecule is COc1ccc(C)cc1Nc1cc(C)nc(-n2cc([N+](=O)[O-])cn2)n1. The van der Waals surface area contributed by atoms with Gasteiger partial charge in [-0.2, -0.15) is 14.8 Å². The standard InChI is InChI=1S/C16H16N6O3/c1-10-4-5-14(25-3)13(6-10)19-15-7-11(2)18-16(20-15)21-9-12(8-17-21)22(23)24/h4-9H,1-3H3,(H,18,19,20). The van der Waals surface area contributed by atoms with Gasteiger partial charge in [0.15, 0.2) is 0 Å². The number of aromatic nitrogens is 4. The molecule has 0 spiro atoms. The molecule has 1 aromatic carbocycles. The molecule has 1 N–H and O–H groups in total. The van der Waals surface area contributed by atoms with E-state index in [1.54, 1.807) is 13.2 Å². The quantitative estimate of drug-likeness (QED) is 0.562. The summed E-state index contributed by atoms with van der Waals surface area (Å²) >= 11 is 0. The van der Waals surface area contributed by atoms with Gasteiger partial charge < -0.3 is 10.1 Å². The zero-order chi connectivity index (χ0) is 18.0. The van der Waals surface area contributed by atoms with Crippen molar-refractivity contribution in [3.63, 3.8) is 0 Å². The van der Waals surface area contributed by atoms with Crippen molar-refractivity contribution in [3.05, 3.63) is 58.0 Å². The number of methoxy groups -OCH3 is 1. The third kappa shape index (κ3) is 3.55. The van der Waals surface area contributed by atoms with Crippen molar-refractivity contribution in [2.24, 2.45) is 0 Å². The molecule has 0 bridgehead atoms. The number of nitrogens with zero attached hydrogens (tertiary/aromatic N) is 5. The van der Waals surface area contributed by atoms with Gasteiger partial charge in [-0.3, -0.25) is 10.1 Å². The van der Waals surface area contributed by atoms with Crippen LogP contribution < -0.4 is 10.1 Å². The van der Waals surface area contributed by atoms with E-state index < -0.39 is 4.92 Å². The number of rotatable bonds is 5. The number of hydrogen-bond donors (Lipinski definition) is 1. The first-order valence-corrected chi connectivity index (χ1v) is 7.43. The summed E-state index contributed by atoms with van der Waals surface area (Å²) in [7, 11) is 1.59. The molecule has 0 saturated carbocycles. The van der Waals surface area contributed by atoms with Crippen molar-refractivity contribution < 1.29 is 9.66 Å². The average Bonchev–Trinajstić information content (AvgIpc) is 3.05. The van der Waals surface area contributed by atoms with Crippen molar-refractivity contribution >= 4 is 17.2 Å². The van der Waals surface area contributed by atoms with E-state index in [0.29, 0.717) is 17.3 Å². The van der Waals surface area contributed by atoms with E-state index in [1.807, 2.05) is 32.0 Å². The monoisotopic (exact) mass is 340 g/mol. The first-order chi connectivity index (χ1) is 12.0. The summed E-state index contributed by atoms with van der Waals surface area (Å²) in [4.78, 5) is 18.9. The molecule has 0 aliphatic rings. The number of nitro groups is 1. The van der Waals surface area contributed by atoms with Gasteiger partial charge >= 0.3 is 5.69 Å². The molecule has 3 aromatic rings. The van der Waals surface area contributed by atoms with Crippen LogP contribution in [-0.2, 0) is 0 Å². The molecule has 128 valence electrons. The Morgan fingerprint density at radius 1 is 1.24 bits per heavy atom. The predicted octanol–water partition coefficient (Wildman–Crippen LogP) is 2.94. The van der Waals surface area contributed by atoms with Crippen LogP contribution in [0.4, 0.5) is 17.2 Å². The van der Waals surface area contributed by atoms with Crippen LogP contribution in [0.15, 0.2) is 36.7 Å². The maximum Gasteiger partial charge on any atom is 0.307 e. The van der Waals surface area contributed by atoms with Crippen LogP contribution >= 0.6 is 0 Å². The number of anilines is 2. The van der Waals surface area contributed by atoms with E-state index in [-0.39, 0.29) is 11.6 Å². The molecule has 0 aliphatic carbocycles. The Kier molecular flexibility index (Phi) is 4.29. The largest absolute Gasteiger partial charge is 0.495 e. The van der Waals surface area contributed by atoms with Crippen molar-refractivity contribution in [3.8, 4) is 11.7 Å². The second-order valence-electron chi connectivity index (χ2n) is 5.42. The zero-order valence-corrected chi connectivity index (χ0v) is 13.9. The topological polar surface area (TPSA) is 108 Å². The maximum atomic E-state index is 10.8. The molecule has 25 heavy (non-hydrogen) atoms. The normalized spacial score (nSPS) is 10.5. The summed E-state index contributed by atoms with van der Waals surface area (Å²) in [5.41, 5.74) is 2.40. The van der Waals surface area contributed by atoms with Crippen LogP contribution in [-0.4, -0.2) is 31.8 Å². The molecule has 9 heteroatoms. The van der Waals surface area contributed by atoms with Crippen molar-refractivity contribution in [2.75, 3.05) is 12.4 Å². The van der Waals surface area contributed by atoms with E-state index in [0.717, 1.165) is 17.4 Å². The summed E-state index contributed by atoms with van der Waals surface area (Å²) in [6.07, 6.45) is 2.42. The summed E-state index contributed by atoms with van der Waals surface area (Å²) in [6.45, 7) is 3.78. The molecule has 0 radical (unpaired) electrons. The second kappa shape index (κ2) is 6.56. The Hall–Kier alpha value is -3.49. The van der Waals surface area contributed by atoms with Gasteiger partial charge in [0, 0.05) is 11.8 Å². The smallest absolute Gasteiger partial charge is 0.307 e. The Morgan fingerprint density at radius 2 is 2.04 bits per heavy atom. The highest BCUT2D eigenvalue weighted by Crippen LogP contribution is 2.28. The number of hydrogen-bond acceptors (Lipinski definition) is 7. The lowest BCUT2D eigenvalue weighted by Crippen LogP contribution is -2.06. The minimum Gasteiger partial charge on any atom is -0.495 e. The van der Waals surface area contributed by atoms with Crippen LogP contribution in [0, 0.1) is 24.0 Å². The average molecular weight is 340 g/mol. The molecule has 2 heterocycles. The van der Waals surface area contributed by atoms with Gasteiger partial charge in [0.1, 0.15) is 24.0 Å². The highest BCUT2D eigenvalue weighted by atomic mass is 16.6. The zero-order valence-electron chi connectivity index (χ0n) is 13.9. The van der Waals surface area contributed by atoms with Gasteiger partial charge in [-0.25, -0.2) is 4.98 Å². The summed E-state index contributed by atoms with van der Waals surface area (Å²) in [6, 6.07) is 7.52. The molecule has 9 nitrogen and oxygen atoms in total. The number of nitrogens with one attached hydrogen (secondary N) is 1. The van der Waals surface area contributed by atoms with E-state index in [2.05, 4.69) is 20.4 Å². The Labute approximate surface area is 143 Å². The van der Waals surface area contributed by atoms with Gasteiger partial charge in [0.2, 0.25) is 0 Å². The fourth-order valence-corrected chi connectivity index (χ4v) is 2.29. The van der Waals surface area contributed by atoms with Gasteiger partial charge in [-0.15, -0.1) is 0 Å². The third-order valence-corrected chi connectivity index (χ3v) is 3.44. The van der Waals surface area contributed by atoms with Gasteiger partial charge in [0.25, 0.3) is 5.95 Å². The lowest BCUT2D eigenvalue weighted by Gasteiger charge is -2.12. The third-order valence-electron chi connectivity index (χ3n) is 3.44. The molecule has 0 unspecified atom stereocenters.